The molecule has 0 aromatic rings. The van der Waals surface area contributed by atoms with Crippen LogP contribution in [0.4, 0.5) is 0 Å². The zero-order chi connectivity index (χ0) is 20.8. The highest BCUT2D eigenvalue weighted by Gasteiger charge is 2.63. The summed E-state index contributed by atoms with van der Waals surface area (Å²) in [5.74, 6) is 3.42. The molecular weight excluding hydrogens is 370 g/mol. The van der Waals surface area contributed by atoms with Crippen LogP contribution >= 0.6 is 0 Å². The number of hydrogen-bond donors (Lipinski definition) is 2. The molecule has 0 bridgehead atoms. The molecule has 0 radical (unpaired) electrons. The van der Waals surface area contributed by atoms with Crippen molar-refractivity contribution in [1.82, 2.24) is 5.32 Å². The van der Waals surface area contributed by atoms with Gasteiger partial charge in [-0.3, -0.25) is 0 Å². The van der Waals surface area contributed by atoms with E-state index in [-0.39, 0.29) is 17.8 Å². The SMILES string of the molecule is C=C1CN[C@H]2[C@@H](C)[C@@]3(CC[C@H]4[C@@H]5CC=C6C[C@@H](O)CC[C@]6(C)[C@H]5C[C@@H]4C3=C)O[C@@H]2C1. The summed E-state index contributed by atoms with van der Waals surface area (Å²) in [5.41, 5.74) is 4.41. The molecule has 6 rings (SSSR count). The third-order valence-corrected chi connectivity index (χ3v) is 10.7. The smallest absolute Gasteiger partial charge is 0.0937 e. The number of nitrogens with one attached hydrogen (secondary N) is 1. The molecule has 2 saturated heterocycles. The van der Waals surface area contributed by atoms with Gasteiger partial charge in [0.05, 0.1) is 17.8 Å². The molecule has 3 saturated carbocycles. The first kappa shape index (κ1) is 19.8. The second-order valence-corrected chi connectivity index (χ2v) is 11.8. The normalized spacial score (nSPS) is 55.0. The quantitative estimate of drug-likeness (QED) is 0.566. The van der Waals surface area contributed by atoms with E-state index in [1.54, 1.807) is 5.57 Å². The maximum Gasteiger partial charge on any atom is 0.0937 e. The largest absolute Gasteiger partial charge is 0.393 e. The van der Waals surface area contributed by atoms with Crippen molar-refractivity contribution in [3.05, 3.63) is 36.0 Å². The van der Waals surface area contributed by atoms with Gasteiger partial charge in [0, 0.05) is 18.5 Å². The number of ether oxygens (including phenoxy) is 1. The zero-order valence-corrected chi connectivity index (χ0v) is 18.8. The standard InChI is InChI=1S/C27H39NO2/c1-15-11-24-25(28-14-15)17(3)27(30-24)10-8-20-21-6-5-18-12-19(29)7-9-26(18,4)23(21)13-22(20)16(27)2/h5,17,19-25,28-29H,1-2,6-14H2,3-4H3/t17-,19+,20+,21+,22-,23+,24-,25+,26+,27+/m1/s1. The maximum absolute atomic E-state index is 10.3. The van der Waals surface area contributed by atoms with E-state index in [1.807, 2.05) is 0 Å². The first-order chi connectivity index (χ1) is 14.3. The summed E-state index contributed by atoms with van der Waals surface area (Å²) in [7, 11) is 0. The van der Waals surface area contributed by atoms with Crippen molar-refractivity contribution >= 4 is 0 Å². The molecule has 2 aliphatic heterocycles. The minimum absolute atomic E-state index is 0.124. The van der Waals surface area contributed by atoms with Crippen molar-refractivity contribution in [3.63, 3.8) is 0 Å². The maximum atomic E-state index is 10.3. The highest BCUT2D eigenvalue weighted by molar-refractivity contribution is 5.33. The summed E-state index contributed by atoms with van der Waals surface area (Å²) < 4.78 is 6.93. The fourth-order valence-electron chi connectivity index (χ4n) is 9.01. The Bertz CT molecular complexity index is 816. The van der Waals surface area contributed by atoms with Gasteiger partial charge in [-0.25, -0.2) is 0 Å². The predicted molar refractivity (Wildman–Crippen MR) is 120 cm³/mol. The Morgan fingerprint density at radius 3 is 2.83 bits per heavy atom. The van der Waals surface area contributed by atoms with Crippen LogP contribution in [-0.4, -0.2) is 35.5 Å². The number of fused-ring (bicyclic) bond motifs is 6. The summed E-state index contributed by atoms with van der Waals surface area (Å²) in [6.45, 7) is 14.9. The minimum atomic E-state index is -0.137. The Morgan fingerprint density at radius 1 is 1.17 bits per heavy atom. The number of allylic oxidation sites excluding steroid dienone is 1. The van der Waals surface area contributed by atoms with Gasteiger partial charge in [0.1, 0.15) is 0 Å². The molecule has 2 heterocycles. The zero-order valence-electron chi connectivity index (χ0n) is 18.8. The second kappa shape index (κ2) is 6.56. The Morgan fingerprint density at radius 2 is 2.00 bits per heavy atom. The summed E-state index contributed by atoms with van der Waals surface area (Å²) >= 11 is 0. The fraction of sp³-hybridized carbons (Fsp3) is 0.778. The monoisotopic (exact) mass is 409 g/mol. The van der Waals surface area contributed by atoms with Gasteiger partial charge in [-0.05, 0) is 86.0 Å². The number of rotatable bonds is 0. The molecule has 164 valence electrons. The van der Waals surface area contributed by atoms with Crippen LogP contribution in [0.2, 0.25) is 0 Å². The lowest BCUT2D eigenvalue weighted by atomic mass is 9.56. The van der Waals surface area contributed by atoms with E-state index >= 15 is 0 Å². The van der Waals surface area contributed by atoms with Crippen molar-refractivity contribution in [2.24, 2.45) is 35.0 Å². The molecular formula is C27H39NO2. The molecule has 10 atom stereocenters. The van der Waals surface area contributed by atoms with Crippen molar-refractivity contribution < 1.29 is 9.84 Å². The highest BCUT2D eigenvalue weighted by atomic mass is 16.5. The van der Waals surface area contributed by atoms with Gasteiger partial charge < -0.3 is 15.2 Å². The van der Waals surface area contributed by atoms with Gasteiger partial charge in [-0.1, -0.05) is 44.2 Å². The van der Waals surface area contributed by atoms with Gasteiger partial charge in [-0.15, -0.1) is 0 Å². The first-order valence-corrected chi connectivity index (χ1v) is 12.5. The van der Waals surface area contributed by atoms with Crippen LogP contribution < -0.4 is 5.32 Å². The molecule has 30 heavy (non-hydrogen) atoms. The summed E-state index contributed by atoms with van der Waals surface area (Å²) in [6, 6.07) is 0.443. The van der Waals surface area contributed by atoms with E-state index in [4.69, 9.17) is 11.3 Å². The molecule has 0 aromatic heterocycles. The third kappa shape index (κ3) is 2.49. The second-order valence-electron chi connectivity index (χ2n) is 11.8. The van der Waals surface area contributed by atoms with E-state index in [1.165, 1.54) is 30.4 Å². The minimum Gasteiger partial charge on any atom is -0.393 e. The molecule has 4 aliphatic carbocycles. The molecule has 0 aromatic carbocycles. The summed E-state index contributed by atoms with van der Waals surface area (Å²) in [4.78, 5) is 0. The van der Waals surface area contributed by atoms with Crippen LogP contribution in [-0.2, 0) is 4.74 Å². The van der Waals surface area contributed by atoms with Crippen molar-refractivity contribution in [1.29, 1.82) is 0 Å². The fourth-order valence-corrected chi connectivity index (χ4v) is 9.01. The number of aliphatic hydroxyl groups excluding tert-OH is 1. The van der Waals surface area contributed by atoms with Gasteiger partial charge >= 0.3 is 0 Å². The van der Waals surface area contributed by atoms with Gasteiger partial charge in [0.25, 0.3) is 0 Å². The molecule has 2 N–H and O–H groups in total. The lowest BCUT2D eigenvalue weighted by molar-refractivity contribution is -0.0612. The number of hydrogen-bond acceptors (Lipinski definition) is 3. The predicted octanol–water partition coefficient (Wildman–Crippen LogP) is 4.78. The average Bonchev–Trinajstić information content (AvgIpc) is 3.23. The molecule has 0 amide bonds. The Kier molecular flexibility index (Phi) is 4.32. The topological polar surface area (TPSA) is 41.5 Å². The average molecular weight is 410 g/mol. The molecule has 0 unspecified atom stereocenters. The molecule has 5 fully saturated rings. The van der Waals surface area contributed by atoms with E-state index in [9.17, 15) is 5.11 Å². The van der Waals surface area contributed by atoms with E-state index in [0.29, 0.717) is 23.3 Å². The molecule has 3 heteroatoms. The summed E-state index contributed by atoms with van der Waals surface area (Å²) in [6.07, 6.45) is 11.6. The number of aliphatic hydroxyl groups is 1. The lowest BCUT2D eigenvalue weighted by Gasteiger charge is -2.49. The molecule has 1 spiro atoms. The Balaban J connectivity index is 1.28. The Hall–Kier alpha value is -0.900. The van der Waals surface area contributed by atoms with Crippen molar-refractivity contribution in [3.8, 4) is 0 Å². The Labute approximate surface area is 182 Å². The molecule has 3 nitrogen and oxygen atoms in total. The van der Waals surface area contributed by atoms with Gasteiger partial charge in [-0.2, -0.15) is 0 Å². The first-order valence-electron chi connectivity index (χ1n) is 12.5. The van der Waals surface area contributed by atoms with Crippen LogP contribution in [0.5, 0.6) is 0 Å². The number of piperidine rings is 1. The van der Waals surface area contributed by atoms with E-state index in [0.717, 1.165) is 56.4 Å². The van der Waals surface area contributed by atoms with Crippen LogP contribution in [0.3, 0.4) is 0 Å². The summed E-state index contributed by atoms with van der Waals surface area (Å²) in [5, 5.41) is 14.0. The van der Waals surface area contributed by atoms with Crippen LogP contribution in [0.25, 0.3) is 0 Å². The van der Waals surface area contributed by atoms with E-state index < -0.39 is 0 Å². The third-order valence-electron chi connectivity index (χ3n) is 10.7. The van der Waals surface area contributed by atoms with Crippen LogP contribution in [0.1, 0.15) is 65.2 Å². The van der Waals surface area contributed by atoms with Crippen molar-refractivity contribution in [2.75, 3.05) is 6.54 Å². The lowest BCUT2D eigenvalue weighted by Crippen LogP contribution is -2.49. The highest BCUT2D eigenvalue weighted by Crippen LogP contribution is 2.66. The van der Waals surface area contributed by atoms with Crippen LogP contribution in [0, 0.1) is 35.0 Å². The van der Waals surface area contributed by atoms with Gasteiger partial charge in [0.2, 0.25) is 0 Å². The van der Waals surface area contributed by atoms with Crippen LogP contribution in [0.15, 0.2) is 36.0 Å². The van der Waals surface area contributed by atoms with Gasteiger partial charge in [0.15, 0.2) is 0 Å². The molecule has 6 aliphatic rings. The van der Waals surface area contributed by atoms with Crippen molar-refractivity contribution in [2.45, 2.75) is 89.1 Å². The van der Waals surface area contributed by atoms with E-state index in [2.05, 4.69) is 31.8 Å².